The number of nitrogens with zero attached hydrogens (tertiary/aromatic N) is 2. The fourth-order valence-corrected chi connectivity index (χ4v) is 3.05. The van der Waals surface area contributed by atoms with Crippen molar-refractivity contribution in [3.05, 3.63) is 35.4 Å². The Morgan fingerprint density at radius 1 is 1.10 bits per heavy atom. The van der Waals surface area contributed by atoms with Crippen LogP contribution in [0.2, 0.25) is 0 Å². The summed E-state index contributed by atoms with van der Waals surface area (Å²) in [6.45, 7) is 4.84. The molecule has 0 N–H and O–H groups in total. The van der Waals surface area contributed by atoms with Crippen LogP contribution in [-0.2, 0) is 23.9 Å². The molecule has 1 aromatic carbocycles. The van der Waals surface area contributed by atoms with Crippen molar-refractivity contribution in [2.75, 3.05) is 32.9 Å². The Balaban J connectivity index is 1.85. The van der Waals surface area contributed by atoms with E-state index in [-0.39, 0.29) is 23.4 Å². The van der Waals surface area contributed by atoms with Crippen molar-refractivity contribution in [3.63, 3.8) is 0 Å². The first-order valence-electron chi connectivity index (χ1n) is 9.94. The van der Waals surface area contributed by atoms with Gasteiger partial charge in [-0.15, -0.1) is 0 Å². The molecule has 0 spiro atoms. The molecule has 0 atom stereocenters. The maximum Gasteiger partial charge on any atom is 0.349 e. The lowest BCUT2D eigenvalue weighted by atomic mass is 9.97. The Morgan fingerprint density at radius 2 is 1.77 bits per heavy atom. The van der Waals surface area contributed by atoms with E-state index in [2.05, 4.69) is 0 Å². The number of benzene rings is 1. The van der Waals surface area contributed by atoms with Gasteiger partial charge in [-0.1, -0.05) is 12.1 Å². The minimum Gasteiger partial charge on any atom is -0.494 e. The lowest BCUT2D eigenvalue weighted by Crippen LogP contribution is -2.42. The summed E-state index contributed by atoms with van der Waals surface area (Å²) in [5.74, 6) is -0.980. The van der Waals surface area contributed by atoms with E-state index in [1.54, 1.807) is 42.2 Å². The van der Waals surface area contributed by atoms with Crippen molar-refractivity contribution in [2.45, 2.75) is 26.7 Å². The minimum absolute atomic E-state index is 0.201. The third kappa shape index (κ3) is 6.62. The Labute approximate surface area is 176 Å². The van der Waals surface area contributed by atoms with Crippen LogP contribution in [0.4, 0.5) is 0 Å². The lowest BCUT2D eigenvalue weighted by Gasteiger charge is -2.30. The fraction of sp³-hybridized carbons (Fsp3) is 0.455. The van der Waals surface area contributed by atoms with Gasteiger partial charge in [0.2, 0.25) is 0 Å². The van der Waals surface area contributed by atoms with Crippen molar-refractivity contribution < 1.29 is 28.6 Å². The molecule has 1 heterocycles. The number of likely N-dealkylation sites (tertiary alicyclic amines) is 1. The number of carbonyl (C=O) groups is 3. The number of hydrogen-bond donors (Lipinski definition) is 0. The van der Waals surface area contributed by atoms with Gasteiger partial charge in [-0.25, -0.2) is 4.79 Å². The highest BCUT2D eigenvalue weighted by Gasteiger charge is 2.28. The van der Waals surface area contributed by atoms with Gasteiger partial charge >= 0.3 is 11.9 Å². The van der Waals surface area contributed by atoms with E-state index in [9.17, 15) is 19.6 Å². The van der Waals surface area contributed by atoms with Crippen molar-refractivity contribution in [1.82, 2.24) is 4.90 Å². The van der Waals surface area contributed by atoms with Crippen LogP contribution in [0.3, 0.4) is 0 Å². The molecule has 1 aliphatic heterocycles. The zero-order valence-corrected chi connectivity index (χ0v) is 17.3. The Bertz CT molecular complexity index is 817. The molecule has 0 aromatic heterocycles. The number of amides is 1. The maximum absolute atomic E-state index is 12.3. The molecule has 1 aliphatic rings. The SMILES string of the molecule is CCOC(=O)C1CCN(C(=O)COC(=O)/C(C#N)=C/c2ccc(OCC)cc2)CC1. The van der Waals surface area contributed by atoms with Crippen LogP contribution in [0.15, 0.2) is 29.8 Å². The van der Waals surface area contributed by atoms with Gasteiger partial charge in [-0.05, 0) is 50.5 Å². The van der Waals surface area contributed by atoms with E-state index in [1.165, 1.54) is 6.08 Å². The average Bonchev–Trinajstić information content (AvgIpc) is 2.77. The monoisotopic (exact) mass is 414 g/mol. The molecule has 0 bridgehead atoms. The molecule has 30 heavy (non-hydrogen) atoms. The van der Waals surface area contributed by atoms with Crippen LogP contribution in [0.1, 0.15) is 32.3 Å². The third-order valence-corrected chi connectivity index (χ3v) is 4.64. The summed E-state index contributed by atoms with van der Waals surface area (Å²) in [4.78, 5) is 37.8. The number of piperidine rings is 1. The maximum atomic E-state index is 12.3. The zero-order valence-electron chi connectivity index (χ0n) is 17.3. The number of nitriles is 1. The largest absolute Gasteiger partial charge is 0.494 e. The third-order valence-electron chi connectivity index (χ3n) is 4.64. The van der Waals surface area contributed by atoms with Crippen molar-refractivity contribution in [1.29, 1.82) is 5.26 Å². The van der Waals surface area contributed by atoms with Crippen molar-refractivity contribution >= 4 is 23.9 Å². The Hall–Kier alpha value is -3.34. The van der Waals surface area contributed by atoms with Gasteiger partial charge in [0.15, 0.2) is 6.61 Å². The molecule has 1 saturated heterocycles. The number of hydrogen-bond acceptors (Lipinski definition) is 7. The summed E-state index contributed by atoms with van der Waals surface area (Å²) in [6, 6.07) is 8.71. The topological polar surface area (TPSA) is 106 Å². The van der Waals surface area contributed by atoms with Gasteiger partial charge < -0.3 is 19.1 Å². The average molecular weight is 414 g/mol. The summed E-state index contributed by atoms with van der Waals surface area (Å²) >= 11 is 0. The van der Waals surface area contributed by atoms with Gasteiger partial charge in [0.25, 0.3) is 5.91 Å². The van der Waals surface area contributed by atoms with Crippen LogP contribution >= 0.6 is 0 Å². The van der Waals surface area contributed by atoms with E-state index in [4.69, 9.17) is 14.2 Å². The van der Waals surface area contributed by atoms with E-state index >= 15 is 0 Å². The van der Waals surface area contributed by atoms with Gasteiger partial charge in [-0.2, -0.15) is 5.26 Å². The lowest BCUT2D eigenvalue weighted by molar-refractivity contribution is -0.153. The van der Waals surface area contributed by atoms with E-state index in [1.807, 2.05) is 6.92 Å². The van der Waals surface area contributed by atoms with Gasteiger partial charge in [0.05, 0.1) is 19.1 Å². The highest BCUT2D eigenvalue weighted by Crippen LogP contribution is 2.19. The molecule has 8 nitrogen and oxygen atoms in total. The Kier molecular flexibility index (Phi) is 8.88. The normalized spacial score (nSPS) is 14.6. The van der Waals surface area contributed by atoms with Crippen molar-refractivity contribution in [3.8, 4) is 11.8 Å². The predicted octanol–water partition coefficient (Wildman–Crippen LogP) is 2.34. The molecule has 1 aromatic rings. The molecule has 8 heteroatoms. The second kappa shape index (κ2) is 11.6. The molecule has 0 saturated carbocycles. The van der Waals surface area contributed by atoms with Crippen LogP contribution in [0, 0.1) is 17.2 Å². The van der Waals surface area contributed by atoms with Crippen LogP contribution in [0.5, 0.6) is 5.75 Å². The van der Waals surface area contributed by atoms with Crippen LogP contribution < -0.4 is 4.74 Å². The summed E-state index contributed by atoms with van der Waals surface area (Å²) in [5, 5.41) is 9.25. The highest BCUT2D eigenvalue weighted by atomic mass is 16.5. The van der Waals surface area contributed by atoms with E-state index < -0.39 is 12.6 Å². The molecule has 1 amide bonds. The minimum atomic E-state index is -0.860. The summed E-state index contributed by atoms with van der Waals surface area (Å²) in [7, 11) is 0. The number of rotatable bonds is 8. The zero-order chi connectivity index (χ0) is 21.9. The smallest absolute Gasteiger partial charge is 0.349 e. The molecular weight excluding hydrogens is 388 g/mol. The summed E-state index contributed by atoms with van der Waals surface area (Å²) < 4.78 is 15.4. The molecule has 2 rings (SSSR count). The molecule has 0 aliphatic carbocycles. The number of carbonyl (C=O) groups excluding carboxylic acids is 3. The van der Waals surface area contributed by atoms with Crippen molar-refractivity contribution in [2.24, 2.45) is 5.92 Å². The first kappa shape index (κ1) is 22.9. The summed E-state index contributed by atoms with van der Waals surface area (Å²) in [5.41, 5.74) is 0.437. The molecule has 0 radical (unpaired) electrons. The van der Waals surface area contributed by atoms with Crippen LogP contribution in [-0.4, -0.2) is 55.7 Å². The summed E-state index contributed by atoms with van der Waals surface area (Å²) in [6.07, 6.45) is 2.42. The van der Waals surface area contributed by atoms with E-state index in [0.29, 0.717) is 50.5 Å². The molecule has 0 unspecified atom stereocenters. The van der Waals surface area contributed by atoms with Gasteiger partial charge in [0.1, 0.15) is 17.4 Å². The first-order valence-corrected chi connectivity index (χ1v) is 9.94. The molecule has 160 valence electrons. The standard InChI is InChI=1S/C22H26N2O6/c1-3-28-19-7-5-16(6-8-19)13-18(14-23)22(27)30-15-20(25)24-11-9-17(10-12-24)21(26)29-4-2/h5-8,13,17H,3-4,9-12,15H2,1-2H3/b18-13+. The predicted molar refractivity (Wildman–Crippen MR) is 108 cm³/mol. The quantitative estimate of drug-likeness (QED) is 0.365. The molecule has 1 fully saturated rings. The first-order chi connectivity index (χ1) is 14.5. The van der Waals surface area contributed by atoms with Gasteiger partial charge in [-0.3, -0.25) is 9.59 Å². The molecular formula is C22H26N2O6. The highest BCUT2D eigenvalue weighted by molar-refractivity contribution is 5.98. The number of ether oxygens (including phenoxy) is 3. The second-order valence-corrected chi connectivity index (χ2v) is 6.66. The number of esters is 2. The fourth-order valence-electron chi connectivity index (χ4n) is 3.05. The second-order valence-electron chi connectivity index (χ2n) is 6.66. The Morgan fingerprint density at radius 3 is 2.33 bits per heavy atom. The van der Waals surface area contributed by atoms with Gasteiger partial charge in [0, 0.05) is 13.1 Å². The van der Waals surface area contributed by atoms with Crippen LogP contribution in [0.25, 0.3) is 6.08 Å². The van der Waals surface area contributed by atoms with E-state index in [0.717, 1.165) is 0 Å².